The van der Waals surface area contributed by atoms with E-state index in [0.29, 0.717) is 13.0 Å². The third kappa shape index (κ3) is 5.70. The van der Waals surface area contributed by atoms with Crippen LogP contribution in [0, 0.1) is 11.2 Å². The summed E-state index contributed by atoms with van der Waals surface area (Å²) in [7, 11) is 0. The first-order valence-corrected chi connectivity index (χ1v) is 7.09. The van der Waals surface area contributed by atoms with Crippen LogP contribution in [0.3, 0.4) is 0 Å². The number of nitrogens with one attached hydrogen (secondary N) is 1. The second-order valence-electron chi connectivity index (χ2n) is 6.04. The third-order valence-electron chi connectivity index (χ3n) is 3.60. The summed E-state index contributed by atoms with van der Waals surface area (Å²) in [6.07, 6.45) is 2.21. The van der Waals surface area contributed by atoms with E-state index in [2.05, 4.69) is 19.2 Å². The van der Waals surface area contributed by atoms with E-state index in [1.807, 2.05) is 6.92 Å². The van der Waals surface area contributed by atoms with Gasteiger partial charge in [-0.25, -0.2) is 4.39 Å². The van der Waals surface area contributed by atoms with E-state index in [-0.39, 0.29) is 23.2 Å². The van der Waals surface area contributed by atoms with Crippen molar-refractivity contribution in [2.45, 2.75) is 46.1 Å². The Labute approximate surface area is 120 Å². The molecule has 20 heavy (non-hydrogen) atoms. The van der Waals surface area contributed by atoms with Crippen molar-refractivity contribution in [2.75, 3.05) is 6.54 Å². The molecule has 0 aliphatic rings. The summed E-state index contributed by atoms with van der Waals surface area (Å²) < 4.78 is 12.8. The maximum atomic E-state index is 12.8. The predicted molar refractivity (Wildman–Crippen MR) is 79.6 cm³/mol. The minimum atomic E-state index is -0.268. The molecule has 0 radical (unpaired) electrons. The monoisotopic (exact) mass is 280 g/mol. The van der Waals surface area contributed by atoms with Crippen molar-refractivity contribution in [3.8, 4) is 0 Å². The minimum Gasteiger partial charge on any atom is -0.350 e. The highest BCUT2D eigenvalue weighted by molar-refractivity contribution is 5.76. The predicted octanol–water partition coefficient (Wildman–Crippen LogP) is 3.16. The van der Waals surface area contributed by atoms with Gasteiger partial charge in [-0.3, -0.25) is 4.79 Å². The lowest BCUT2D eigenvalue weighted by molar-refractivity contribution is -0.122. The number of hydrogen-bond donors (Lipinski definition) is 2. The van der Waals surface area contributed by atoms with Gasteiger partial charge in [0.15, 0.2) is 0 Å². The molecule has 4 heteroatoms. The minimum absolute atomic E-state index is 0.0203. The van der Waals surface area contributed by atoms with Gasteiger partial charge in [0.05, 0.1) is 6.04 Å². The molecule has 0 saturated heterocycles. The van der Waals surface area contributed by atoms with E-state index in [4.69, 9.17) is 5.73 Å². The second kappa shape index (κ2) is 7.39. The van der Waals surface area contributed by atoms with E-state index < -0.39 is 0 Å². The van der Waals surface area contributed by atoms with Crippen LogP contribution in [0.4, 0.5) is 4.39 Å². The van der Waals surface area contributed by atoms with Gasteiger partial charge in [0.2, 0.25) is 5.91 Å². The number of halogens is 1. The number of nitrogens with two attached hydrogens (primary N) is 1. The van der Waals surface area contributed by atoms with Crippen molar-refractivity contribution in [3.63, 3.8) is 0 Å². The number of carbonyl (C=O) groups is 1. The number of rotatable bonds is 7. The first-order valence-electron chi connectivity index (χ1n) is 7.09. The van der Waals surface area contributed by atoms with Crippen molar-refractivity contribution in [1.82, 2.24) is 5.32 Å². The standard InChI is InChI=1S/C16H25FN2O/c1-12(13-4-6-14(17)7-5-13)19-15(20)8-9-16(2,3)10-11-18/h4-7,12H,8-11,18H2,1-3H3,(H,19,20). The van der Waals surface area contributed by atoms with Crippen molar-refractivity contribution >= 4 is 5.91 Å². The van der Waals surface area contributed by atoms with Crippen LogP contribution in [-0.2, 0) is 4.79 Å². The van der Waals surface area contributed by atoms with Crippen molar-refractivity contribution in [2.24, 2.45) is 11.1 Å². The van der Waals surface area contributed by atoms with E-state index in [0.717, 1.165) is 18.4 Å². The summed E-state index contributed by atoms with van der Waals surface area (Å²) in [5.41, 5.74) is 6.55. The molecule has 3 nitrogen and oxygen atoms in total. The molecule has 0 aliphatic carbocycles. The van der Waals surface area contributed by atoms with Gasteiger partial charge in [0.1, 0.15) is 5.82 Å². The molecule has 0 heterocycles. The smallest absolute Gasteiger partial charge is 0.220 e. The molecule has 1 atom stereocenters. The Hall–Kier alpha value is -1.42. The first-order chi connectivity index (χ1) is 9.34. The fourth-order valence-corrected chi connectivity index (χ4v) is 2.12. The van der Waals surface area contributed by atoms with Crippen LogP contribution in [0.15, 0.2) is 24.3 Å². The molecule has 0 fully saturated rings. The molecule has 0 aliphatic heterocycles. The van der Waals surface area contributed by atoms with Crippen LogP contribution in [-0.4, -0.2) is 12.5 Å². The first kappa shape index (κ1) is 16.6. The summed E-state index contributed by atoms with van der Waals surface area (Å²) in [5.74, 6) is -0.247. The lowest BCUT2D eigenvalue weighted by atomic mass is 9.84. The molecular weight excluding hydrogens is 255 g/mol. The Morgan fingerprint density at radius 2 is 1.90 bits per heavy atom. The summed E-state index contributed by atoms with van der Waals surface area (Å²) in [4.78, 5) is 11.9. The van der Waals surface area contributed by atoms with Gasteiger partial charge in [0, 0.05) is 6.42 Å². The molecule has 0 saturated carbocycles. The van der Waals surface area contributed by atoms with Gasteiger partial charge in [-0.2, -0.15) is 0 Å². The van der Waals surface area contributed by atoms with Gasteiger partial charge >= 0.3 is 0 Å². The Bertz CT molecular complexity index is 429. The van der Waals surface area contributed by atoms with Crippen LogP contribution in [0.2, 0.25) is 0 Å². The Kier molecular flexibility index (Phi) is 6.14. The molecule has 0 aromatic heterocycles. The Morgan fingerprint density at radius 3 is 2.45 bits per heavy atom. The van der Waals surface area contributed by atoms with E-state index in [9.17, 15) is 9.18 Å². The zero-order valence-electron chi connectivity index (χ0n) is 12.6. The van der Waals surface area contributed by atoms with E-state index in [1.165, 1.54) is 12.1 Å². The molecule has 3 N–H and O–H groups in total. The summed E-state index contributed by atoms with van der Waals surface area (Å²) in [6.45, 7) is 6.78. The summed E-state index contributed by atoms with van der Waals surface area (Å²) in [5, 5.41) is 2.94. The fourth-order valence-electron chi connectivity index (χ4n) is 2.12. The van der Waals surface area contributed by atoms with Gasteiger partial charge in [-0.05, 0) is 49.4 Å². The average Bonchev–Trinajstić information content (AvgIpc) is 2.37. The molecule has 1 unspecified atom stereocenters. The third-order valence-corrected chi connectivity index (χ3v) is 3.60. The van der Waals surface area contributed by atoms with Crippen LogP contribution >= 0.6 is 0 Å². The maximum Gasteiger partial charge on any atom is 0.220 e. The summed E-state index contributed by atoms with van der Waals surface area (Å²) >= 11 is 0. The molecule has 1 aromatic carbocycles. The van der Waals surface area contributed by atoms with Crippen LogP contribution < -0.4 is 11.1 Å². The Morgan fingerprint density at radius 1 is 1.30 bits per heavy atom. The highest BCUT2D eigenvalue weighted by Crippen LogP contribution is 2.26. The second-order valence-corrected chi connectivity index (χ2v) is 6.04. The fraction of sp³-hybridized carbons (Fsp3) is 0.562. The molecular formula is C16H25FN2O. The van der Waals surface area contributed by atoms with E-state index in [1.54, 1.807) is 12.1 Å². The zero-order valence-corrected chi connectivity index (χ0v) is 12.6. The summed E-state index contributed by atoms with van der Waals surface area (Å²) in [6, 6.07) is 6.09. The quantitative estimate of drug-likeness (QED) is 0.806. The van der Waals surface area contributed by atoms with Crippen molar-refractivity contribution < 1.29 is 9.18 Å². The average molecular weight is 280 g/mol. The van der Waals surface area contributed by atoms with Gasteiger partial charge in [-0.15, -0.1) is 0 Å². The Balaban J connectivity index is 2.44. The van der Waals surface area contributed by atoms with Crippen LogP contribution in [0.5, 0.6) is 0 Å². The highest BCUT2D eigenvalue weighted by atomic mass is 19.1. The topological polar surface area (TPSA) is 55.1 Å². The normalized spacial score (nSPS) is 13.1. The van der Waals surface area contributed by atoms with Crippen molar-refractivity contribution in [1.29, 1.82) is 0 Å². The van der Waals surface area contributed by atoms with Gasteiger partial charge < -0.3 is 11.1 Å². The number of carbonyl (C=O) groups excluding carboxylic acids is 1. The molecule has 0 bridgehead atoms. The highest BCUT2D eigenvalue weighted by Gasteiger charge is 2.19. The zero-order chi connectivity index (χ0) is 15.2. The van der Waals surface area contributed by atoms with Gasteiger partial charge in [-0.1, -0.05) is 26.0 Å². The largest absolute Gasteiger partial charge is 0.350 e. The molecule has 0 spiro atoms. The van der Waals surface area contributed by atoms with Crippen LogP contribution in [0.25, 0.3) is 0 Å². The molecule has 1 rings (SSSR count). The lowest BCUT2D eigenvalue weighted by Gasteiger charge is -2.24. The molecule has 112 valence electrons. The molecule has 1 aromatic rings. The van der Waals surface area contributed by atoms with Crippen LogP contribution in [0.1, 0.15) is 51.6 Å². The SMILES string of the molecule is CC(NC(=O)CCC(C)(C)CCN)c1ccc(F)cc1. The van der Waals surface area contributed by atoms with Crippen molar-refractivity contribution in [3.05, 3.63) is 35.6 Å². The van der Waals surface area contributed by atoms with E-state index >= 15 is 0 Å². The number of benzene rings is 1. The molecule has 1 amide bonds. The number of amides is 1. The number of hydrogen-bond acceptors (Lipinski definition) is 2. The maximum absolute atomic E-state index is 12.8. The van der Waals surface area contributed by atoms with Gasteiger partial charge in [0.25, 0.3) is 0 Å². The lowest BCUT2D eigenvalue weighted by Crippen LogP contribution is -2.28.